The molecule has 1 amide bonds. The van der Waals surface area contributed by atoms with Gasteiger partial charge in [0, 0.05) is 17.7 Å². The molecule has 1 saturated heterocycles. The van der Waals surface area contributed by atoms with Crippen molar-refractivity contribution >= 4 is 34.2 Å². The van der Waals surface area contributed by atoms with Crippen LogP contribution in [0.15, 0.2) is 0 Å². The summed E-state index contributed by atoms with van der Waals surface area (Å²) in [5.74, 6) is -0.758. The third kappa shape index (κ3) is 5.29. The maximum Gasteiger partial charge on any atom is 0.341 e. The van der Waals surface area contributed by atoms with Gasteiger partial charge in [-0.05, 0) is 25.8 Å². The zero-order valence-electron chi connectivity index (χ0n) is 16.5. The molecular formula is C19H29N2O5S+. The standard InChI is InChI=1S/C19H28N2O5S/c1-5-14-12(3)16(19(24)26-6-2)17(27-14)20-15(22)11-21-9-7-13(8-10-21)18(23)25-4/h13H,5-11H2,1-4H3,(H,20,22)/p+1. The lowest BCUT2D eigenvalue weighted by atomic mass is 9.97. The van der Waals surface area contributed by atoms with Crippen molar-refractivity contribution in [3.8, 4) is 0 Å². The number of esters is 2. The van der Waals surface area contributed by atoms with Gasteiger partial charge in [0.05, 0.1) is 38.3 Å². The van der Waals surface area contributed by atoms with E-state index in [0.717, 1.165) is 47.7 Å². The van der Waals surface area contributed by atoms with Crippen molar-refractivity contribution in [3.05, 3.63) is 16.0 Å². The Morgan fingerprint density at radius 2 is 1.89 bits per heavy atom. The van der Waals surface area contributed by atoms with Gasteiger partial charge in [0.2, 0.25) is 0 Å². The minimum atomic E-state index is -0.396. The summed E-state index contributed by atoms with van der Waals surface area (Å²) >= 11 is 1.43. The van der Waals surface area contributed by atoms with Crippen LogP contribution in [0.25, 0.3) is 0 Å². The maximum absolute atomic E-state index is 12.5. The van der Waals surface area contributed by atoms with Crippen molar-refractivity contribution in [1.29, 1.82) is 0 Å². The highest BCUT2D eigenvalue weighted by Crippen LogP contribution is 2.34. The number of amides is 1. The number of rotatable bonds is 7. The summed E-state index contributed by atoms with van der Waals surface area (Å²) in [7, 11) is 1.41. The summed E-state index contributed by atoms with van der Waals surface area (Å²) in [6.07, 6.45) is 2.24. The van der Waals surface area contributed by atoms with Crippen LogP contribution in [0.2, 0.25) is 0 Å². The molecule has 2 N–H and O–H groups in total. The molecule has 1 aromatic heterocycles. The third-order valence-electron chi connectivity index (χ3n) is 4.94. The lowest BCUT2D eigenvalue weighted by Gasteiger charge is -2.27. The summed E-state index contributed by atoms with van der Waals surface area (Å²) < 4.78 is 9.95. The number of methoxy groups -OCH3 is 1. The Morgan fingerprint density at radius 3 is 2.44 bits per heavy atom. The SMILES string of the molecule is CCOC(=O)c1c(NC(=O)C[NH+]2CCC(C(=O)OC)CC2)sc(CC)c1C. The van der Waals surface area contributed by atoms with Gasteiger partial charge < -0.3 is 19.7 Å². The van der Waals surface area contributed by atoms with Gasteiger partial charge in [-0.3, -0.25) is 9.59 Å². The van der Waals surface area contributed by atoms with Crippen LogP contribution >= 0.6 is 11.3 Å². The van der Waals surface area contributed by atoms with Crippen molar-refractivity contribution in [1.82, 2.24) is 0 Å². The fourth-order valence-corrected chi connectivity index (χ4v) is 4.59. The van der Waals surface area contributed by atoms with Crippen molar-refractivity contribution in [3.63, 3.8) is 0 Å². The molecule has 0 atom stereocenters. The van der Waals surface area contributed by atoms with Crippen LogP contribution in [-0.4, -0.2) is 51.2 Å². The second kappa shape index (κ2) is 9.85. The van der Waals surface area contributed by atoms with Gasteiger partial charge in [-0.25, -0.2) is 4.79 Å². The Hall–Kier alpha value is -1.93. The van der Waals surface area contributed by atoms with Crippen LogP contribution < -0.4 is 10.2 Å². The van der Waals surface area contributed by atoms with Crippen molar-refractivity contribution in [2.24, 2.45) is 5.92 Å². The number of carbonyl (C=O) groups is 3. The van der Waals surface area contributed by atoms with Gasteiger partial charge in [-0.15, -0.1) is 11.3 Å². The predicted molar refractivity (Wildman–Crippen MR) is 103 cm³/mol. The van der Waals surface area contributed by atoms with E-state index in [-0.39, 0.29) is 17.8 Å². The lowest BCUT2D eigenvalue weighted by molar-refractivity contribution is -0.897. The molecule has 2 rings (SSSR count). The molecule has 0 aromatic carbocycles. The first-order valence-corrected chi connectivity index (χ1v) is 10.2. The first kappa shape index (κ1) is 21.4. The smallest absolute Gasteiger partial charge is 0.341 e. The average molecular weight is 398 g/mol. The quantitative estimate of drug-likeness (QED) is 0.676. The number of ether oxygens (including phenoxy) is 2. The zero-order valence-corrected chi connectivity index (χ0v) is 17.3. The topological polar surface area (TPSA) is 86.1 Å². The Balaban J connectivity index is 2.00. The van der Waals surface area contributed by atoms with Crippen LogP contribution in [0.1, 0.15) is 47.5 Å². The monoisotopic (exact) mass is 397 g/mol. The van der Waals surface area contributed by atoms with Gasteiger partial charge in [-0.1, -0.05) is 6.92 Å². The third-order valence-corrected chi connectivity index (χ3v) is 6.29. The molecule has 1 aliphatic heterocycles. The van der Waals surface area contributed by atoms with Crippen LogP contribution in [0.4, 0.5) is 5.00 Å². The molecule has 0 spiro atoms. The van der Waals surface area contributed by atoms with E-state index in [1.807, 2.05) is 13.8 Å². The minimum Gasteiger partial charge on any atom is -0.469 e. The van der Waals surface area contributed by atoms with E-state index in [0.29, 0.717) is 23.7 Å². The number of aryl methyl sites for hydroxylation is 1. The summed E-state index contributed by atoms with van der Waals surface area (Å²) in [5.41, 5.74) is 1.34. The normalized spacial score (nSPS) is 19.4. The highest BCUT2D eigenvalue weighted by Gasteiger charge is 2.30. The average Bonchev–Trinajstić information content (AvgIpc) is 2.96. The summed E-state index contributed by atoms with van der Waals surface area (Å²) in [6, 6.07) is 0. The molecule has 0 saturated carbocycles. The summed E-state index contributed by atoms with van der Waals surface area (Å²) in [5, 5.41) is 3.47. The molecule has 1 aliphatic rings. The van der Waals surface area contributed by atoms with Gasteiger partial charge in [0.1, 0.15) is 5.00 Å². The second-order valence-electron chi connectivity index (χ2n) is 6.70. The molecule has 0 aliphatic carbocycles. The summed E-state index contributed by atoms with van der Waals surface area (Å²) in [6.45, 7) is 7.79. The molecule has 150 valence electrons. The fraction of sp³-hybridized carbons (Fsp3) is 0.632. The number of hydrogen-bond donors (Lipinski definition) is 2. The van der Waals surface area contributed by atoms with Gasteiger partial charge >= 0.3 is 11.9 Å². The molecule has 0 radical (unpaired) electrons. The lowest BCUT2D eigenvalue weighted by Crippen LogP contribution is -3.14. The van der Waals surface area contributed by atoms with E-state index in [1.165, 1.54) is 18.4 Å². The van der Waals surface area contributed by atoms with Crippen molar-refractivity contribution in [2.45, 2.75) is 40.0 Å². The Morgan fingerprint density at radius 1 is 1.22 bits per heavy atom. The summed E-state index contributed by atoms with van der Waals surface area (Å²) in [4.78, 5) is 38.6. The van der Waals surface area contributed by atoms with Crippen LogP contribution in [-0.2, 0) is 25.5 Å². The first-order valence-electron chi connectivity index (χ1n) is 9.41. The van der Waals surface area contributed by atoms with Crippen LogP contribution in [0.5, 0.6) is 0 Å². The zero-order chi connectivity index (χ0) is 20.0. The highest BCUT2D eigenvalue weighted by molar-refractivity contribution is 7.17. The number of nitrogens with one attached hydrogen (secondary N) is 2. The minimum absolute atomic E-state index is 0.0655. The maximum atomic E-state index is 12.5. The Kier molecular flexibility index (Phi) is 7.79. The molecule has 1 fully saturated rings. The molecule has 27 heavy (non-hydrogen) atoms. The second-order valence-corrected chi connectivity index (χ2v) is 7.81. The number of hydrogen-bond acceptors (Lipinski definition) is 6. The molecule has 8 heteroatoms. The number of thiophene rings is 1. The Labute approximate surface area is 164 Å². The predicted octanol–water partition coefficient (Wildman–Crippen LogP) is 1.20. The molecule has 1 aromatic rings. The Bertz CT molecular complexity index is 693. The molecule has 0 bridgehead atoms. The van der Waals surface area contributed by atoms with E-state index in [1.54, 1.807) is 6.92 Å². The number of piperidine rings is 1. The van der Waals surface area contributed by atoms with Crippen molar-refractivity contribution in [2.75, 3.05) is 38.7 Å². The number of quaternary nitrogens is 1. The van der Waals surface area contributed by atoms with Crippen LogP contribution in [0, 0.1) is 12.8 Å². The van der Waals surface area contributed by atoms with Crippen LogP contribution in [0.3, 0.4) is 0 Å². The van der Waals surface area contributed by atoms with E-state index in [2.05, 4.69) is 5.32 Å². The van der Waals surface area contributed by atoms with Crippen molar-refractivity contribution < 1.29 is 28.8 Å². The largest absolute Gasteiger partial charge is 0.469 e. The van der Waals surface area contributed by atoms with E-state index in [4.69, 9.17) is 9.47 Å². The fourth-order valence-electron chi connectivity index (χ4n) is 3.44. The molecule has 7 nitrogen and oxygen atoms in total. The van der Waals surface area contributed by atoms with Gasteiger partial charge in [-0.2, -0.15) is 0 Å². The van der Waals surface area contributed by atoms with E-state index < -0.39 is 5.97 Å². The first-order chi connectivity index (χ1) is 12.9. The molecule has 2 heterocycles. The molecule has 0 unspecified atom stereocenters. The highest BCUT2D eigenvalue weighted by atomic mass is 32.1. The number of anilines is 1. The number of carbonyl (C=O) groups excluding carboxylic acids is 3. The van der Waals surface area contributed by atoms with E-state index in [9.17, 15) is 14.4 Å². The van der Waals surface area contributed by atoms with E-state index >= 15 is 0 Å². The van der Waals surface area contributed by atoms with Gasteiger partial charge in [0.15, 0.2) is 6.54 Å². The number of likely N-dealkylation sites (tertiary alicyclic amines) is 1. The van der Waals surface area contributed by atoms with Gasteiger partial charge in [0.25, 0.3) is 5.91 Å². The molecular weight excluding hydrogens is 368 g/mol.